The number of rotatable bonds is 6. The van der Waals surface area contributed by atoms with Crippen LogP contribution < -0.4 is 10.5 Å². The molecule has 2 atom stereocenters. The highest BCUT2D eigenvalue weighted by Gasteiger charge is 2.18. The van der Waals surface area contributed by atoms with E-state index in [9.17, 15) is 0 Å². The molecule has 0 amide bonds. The predicted molar refractivity (Wildman–Crippen MR) is 81.0 cm³/mol. The lowest BCUT2D eigenvalue weighted by Crippen LogP contribution is -2.35. The monoisotopic (exact) mass is 278 g/mol. The van der Waals surface area contributed by atoms with Crippen LogP contribution in [0.25, 0.3) is 0 Å². The van der Waals surface area contributed by atoms with E-state index in [2.05, 4.69) is 11.9 Å². The van der Waals surface area contributed by atoms with E-state index in [0.29, 0.717) is 5.92 Å². The molecular formula is C16H26N2O2. The normalized spacial score (nSPS) is 20.9. The molecule has 1 aromatic rings. The summed E-state index contributed by atoms with van der Waals surface area (Å²) in [4.78, 5) is 2.30. The molecule has 2 N–H and O–H groups in total. The number of benzene rings is 1. The molecule has 2 rings (SSSR count). The second-order valence-electron chi connectivity index (χ2n) is 5.65. The Morgan fingerprint density at radius 3 is 2.95 bits per heavy atom. The molecule has 0 aromatic heterocycles. The van der Waals surface area contributed by atoms with E-state index in [1.165, 1.54) is 12.8 Å². The van der Waals surface area contributed by atoms with Gasteiger partial charge < -0.3 is 20.1 Å². The molecule has 1 fully saturated rings. The van der Waals surface area contributed by atoms with Crippen molar-refractivity contribution in [3.8, 4) is 5.75 Å². The van der Waals surface area contributed by atoms with Crippen molar-refractivity contribution in [3.05, 3.63) is 29.8 Å². The zero-order valence-electron chi connectivity index (χ0n) is 12.5. The summed E-state index contributed by atoms with van der Waals surface area (Å²) in [6.07, 6.45) is 2.44. The van der Waals surface area contributed by atoms with E-state index in [4.69, 9.17) is 15.2 Å². The van der Waals surface area contributed by atoms with Crippen molar-refractivity contribution in [2.75, 3.05) is 40.5 Å². The average Bonchev–Trinajstić information content (AvgIpc) is 2.48. The Kier molecular flexibility index (Phi) is 5.83. The van der Waals surface area contributed by atoms with Crippen LogP contribution in [0.3, 0.4) is 0 Å². The third-order valence-electron chi connectivity index (χ3n) is 3.87. The van der Waals surface area contributed by atoms with Crippen LogP contribution in [0.15, 0.2) is 24.3 Å². The van der Waals surface area contributed by atoms with Gasteiger partial charge in [-0.15, -0.1) is 0 Å². The minimum atomic E-state index is -0.0272. The van der Waals surface area contributed by atoms with Gasteiger partial charge in [0.15, 0.2) is 0 Å². The van der Waals surface area contributed by atoms with Crippen LogP contribution >= 0.6 is 0 Å². The fourth-order valence-electron chi connectivity index (χ4n) is 2.87. The molecule has 2 unspecified atom stereocenters. The molecular weight excluding hydrogens is 252 g/mol. The fraction of sp³-hybridized carbons (Fsp3) is 0.625. The van der Waals surface area contributed by atoms with E-state index in [1.807, 2.05) is 24.3 Å². The molecule has 20 heavy (non-hydrogen) atoms. The zero-order valence-corrected chi connectivity index (χ0v) is 12.5. The number of nitrogens with two attached hydrogens (primary N) is 1. The standard InChI is InChI=1S/C16H26N2O2/c1-18(10-13-6-5-9-20-12-13)11-15(17)14-7-3-4-8-16(14)19-2/h3-4,7-8,13,15H,5-6,9-12,17H2,1-2H3. The van der Waals surface area contributed by atoms with E-state index in [1.54, 1.807) is 7.11 Å². The highest BCUT2D eigenvalue weighted by molar-refractivity contribution is 5.35. The Hall–Kier alpha value is -1.10. The lowest BCUT2D eigenvalue weighted by atomic mass is 10.0. The first kappa shape index (κ1) is 15.3. The first-order valence-electron chi connectivity index (χ1n) is 7.35. The minimum Gasteiger partial charge on any atom is -0.496 e. The Balaban J connectivity index is 1.87. The fourth-order valence-corrected chi connectivity index (χ4v) is 2.87. The van der Waals surface area contributed by atoms with Gasteiger partial charge in [0, 0.05) is 31.3 Å². The van der Waals surface area contributed by atoms with Crippen molar-refractivity contribution in [1.29, 1.82) is 0 Å². The van der Waals surface area contributed by atoms with Crippen molar-refractivity contribution >= 4 is 0 Å². The first-order chi connectivity index (χ1) is 9.70. The number of nitrogens with zero attached hydrogens (tertiary/aromatic N) is 1. The summed E-state index contributed by atoms with van der Waals surface area (Å²) >= 11 is 0. The molecule has 0 aliphatic carbocycles. The molecule has 0 radical (unpaired) electrons. The molecule has 112 valence electrons. The zero-order chi connectivity index (χ0) is 14.4. The van der Waals surface area contributed by atoms with E-state index in [-0.39, 0.29) is 6.04 Å². The second kappa shape index (κ2) is 7.62. The van der Waals surface area contributed by atoms with Gasteiger partial charge in [0.1, 0.15) is 5.75 Å². The minimum absolute atomic E-state index is 0.0272. The third kappa shape index (κ3) is 4.20. The van der Waals surface area contributed by atoms with Crippen LogP contribution in [0.2, 0.25) is 0 Å². The number of hydrogen-bond acceptors (Lipinski definition) is 4. The lowest BCUT2D eigenvalue weighted by Gasteiger charge is -2.29. The van der Waals surface area contributed by atoms with Gasteiger partial charge in [-0.25, -0.2) is 0 Å². The number of hydrogen-bond donors (Lipinski definition) is 1. The Morgan fingerprint density at radius 2 is 2.25 bits per heavy atom. The molecule has 1 saturated heterocycles. The quantitative estimate of drug-likeness (QED) is 0.865. The van der Waals surface area contributed by atoms with Crippen LogP contribution in [0.1, 0.15) is 24.4 Å². The van der Waals surface area contributed by atoms with Gasteiger partial charge in [0.2, 0.25) is 0 Å². The van der Waals surface area contributed by atoms with E-state index >= 15 is 0 Å². The van der Waals surface area contributed by atoms with Gasteiger partial charge in [-0.2, -0.15) is 0 Å². The van der Waals surface area contributed by atoms with Gasteiger partial charge in [-0.05, 0) is 31.9 Å². The van der Waals surface area contributed by atoms with Crippen molar-refractivity contribution in [1.82, 2.24) is 4.90 Å². The van der Waals surface area contributed by atoms with Gasteiger partial charge in [0.05, 0.1) is 13.7 Å². The summed E-state index contributed by atoms with van der Waals surface area (Å²) in [5, 5.41) is 0. The highest BCUT2D eigenvalue weighted by atomic mass is 16.5. The maximum Gasteiger partial charge on any atom is 0.123 e. The topological polar surface area (TPSA) is 47.7 Å². The van der Waals surface area contributed by atoms with Crippen molar-refractivity contribution < 1.29 is 9.47 Å². The lowest BCUT2D eigenvalue weighted by molar-refractivity contribution is 0.0414. The third-order valence-corrected chi connectivity index (χ3v) is 3.87. The molecule has 1 aliphatic rings. The summed E-state index contributed by atoms with van der Waals surface area (Å²) in [6.45, 7) is 3.68. The van der Waals surface area contributed by atoms with Crippen molar-refractivity contribution in [2.45, 2.75) is 18.9 Å². The Labute approximate surface area is 121 Å². The summed E-state index contributed by atoms with van der Waals surface area (Å²) in [5.74, 6) is 1.51. The SMILES string of the molecule is COc1ccccc1C(N)CN(C)CC1CCCOC1. The summed E-state index contributed by atoms with van der Waals surface area (Å²) in [7, 11) is 3.82. The van der Waals surface area contributed by atoms with Gasteiger partial charge in [-0.3, -0.25) is 0 Å². The van der Waals surface area contributed by atoms with Crippen LogP contribution in [-0.2, 0) is 4.74 Å². The molecule has 4 heteroatoms. The second-order valence-corrected chi connectivity index (χ2v) is 5.65. The molecule has 1 heterocycles. The Morgan fingerprint density at radius 1 is 1.45 bits per heavy atom. The van der Waals surface area contributed by atoms with Gasteiger partial charge in [-0.1, -0.05) is 18.2 Å². The average molecular weight is 278 g/mol. The summed E-state index contributed by atoms with van der Waals surface area (Å²) in [5.41, 5.74) is 7.40. The largest absolute Gasteiger partial charge is 0.496 e. The molecule has 0 saturated carbocycles. The maximum absolute atomic E-state index is 6.32. The number of para-hydroxylation sites is 1. The van der Waals surface area contributed by atoms with Gasteiger partial charge >= 0.3 is 0 Å². The predicted octanol–water partition coefficient (Wildman–Crippen LogP) is 2.05. The number of methoxy groups -OCH3 is 1. The van der Waals surface area contributed by atoms with Crippen molar-refractivity contribution in [3.63, 3.8) is 0 Å². The molecule has 0 spiro atoms. The van der Waals surface area contributed by atoms with Crippen LogP contribution in [0, 0.1) is 5.92 Å². The first-order valence-corrected chi connectivity index (χ1v) is 7.35. The molecule has 1 aromatic carbocycles. The van der Waals surface area contributed by atoms with Crippen LogP contribution in [0.5, 0.6) is 5.75 Å². The maximum atomic E-state index is 6.32. The van der Waals surface area contributed by atoms with E-state index < -0.39 is 0 Å². The molecule has 4 nitrogen and oxygen atoms in total. The summed E-state index contributed by atoms with van der Waals surface area (Å²) < 4.78 is 10.9. The molecule has 1 aliphatic heterocycles. The van der Waals surface area contributed by atoms with E-state index in [0.717, 1.165) is 37.6 Å². The Bertz CT molecular complexity index is 405. The number of likely N-dealkylation sites (N-methyl/N-ethyl adjacent to an activating group) is 1. The smallest absolute Gasteiger partial charge is 0.123 e. The van der Waals surface area contributed by atoms with Crippen molar-refractivity contribution in [2.24, 2.45) is 11.7 Å². The highest BCUT2D eigenvalue weighted by Crippen LogP contribution is 2.24. The molecule has 0 bridgehead atoms. The van der Waals surface area contributed by atoms with Gasteiger partial charge in [0.25, 0.3) is 0 Å². The number of ether oxygens (including phenoxy) is 2. The van der Waals surface area contributed by atoms with Crippen LogP contribution in [-0.4, -0.2) is 45.4 Å². The summed E-state index contributed by atoms with van der Waals surface area (Å²) in [6, 6.07) is 7.96. The van der Waals surface area contributed by atoms with Crippen LogP contribution in [0.4, 0.5) is 0 Å².